The van der Waals surface area contributed by atoms with E-state index >= 15 is 0 Å². The van der Waals surface area contributed by atoms with Gasteiger partial charge in [-0.2, -0.15) is 0 Å². The van der Waals surface area contributed by atoms with Crippen LogP contribution < -0.4 is 0 Å². The number of carbonyl (C=O) groups excluding carboxylic acids is 1. The van der Waals surface area contributed by atoms with Gasteiger partial charge in [0.25, 0.3) is 0 Å². The molecule has 0 spiro atoms. The van der Waals surface area contributed by atoms with Crippen molar-refractivity contribution in [2.75, 3.05) is 6.61 Å². The standard InChI is InChI=1S/C13H16N2O2S/c1-3-10-5-6-11(18-10)7-15-8-12(14-9-15)13(16)17-4-2/h5-6,8-9H,3-4,7H2,1-2H3. The molecule has 2 heterocycles. The molecule has 0 aromatic carbocycles. The number of nitrogens with zero attached hydrogens (tertiary/aromatic N) is 2. The van der Waals surface area contributed by atoms with Gasteiger partial charge in [-0.1, -0.05) is 6.92 Å². The first-order valence-electron chi connectivity index (χ1n) is 5.99. The molecule has 5 heteroatoms. The van der Waals surface area contributed by atoms with Gasteiger partial charge >= 0.3 is 5.97 Å². The Morgan fingerprint density at radius 2 is 2.17 bits per heavy atom. The summed E-state index contributed by atoms with van der Waals surface area (Å²) in [5.41, 5.74) is 0.365. The van der Waals surface area contributed by atoms with Crippen molar-refractivity contribution in [3.8, 4) is 0 Å². The summed E-state index contributed by atoms with van der Waals surface area (Å²) in [4.78, 5) is 18.2. The highest BCUT2D eigenvalue weighted by Crippen LogP contribution is 2.18. The van der Waals surface area contributed by atoms with Gasteiger partial charge in [0.1, 0.15) is 0 Å². The molecule has 0 saturated carbocycles. The average molecular weight is 264 g/mol. The summed E-state index contributed by atoms with van der Waals surface area (Å²) in [5.74, 6) is -0.364. The van der Waals surface area contributed by atoms with Gasteiger partial charge in [-0.3, -0.25) is 0 Å². The number of rotatable bonds is 5. The number of hydrogen-bond acceptors (Lipinski definition) is 4. The molecule has 0 aliphatic rings. The number of aromatic nitrogens is 2. The third-order valence-corrected chi connectivity index (χ3v) is 3.74. The molecule has 4 nitrogen and oxygen atoms in total. The molecule has 0 aliphatic carbocycles. The van der Waals surface area contributed by atoms with Crippen molar-refractivity contribution in [2.24, 2.45) is 0 Å². The number of ether oxygens (including phenoxy) is 1. The summed E-state index contributed by atoms with van der Waals surface area (Å²) in [5, 5.41) is 0. The van der Waals surface area contributed by atoms with Gasteiger partial charge in [0, 0.05) is 16.0 Å². The maximum atomic E-state index is 11.5. The van der Waals surface area contributed by atoms with Gasteiger partial charge in [0.15, 0.2) is 5.69 Å². The third kappa shape index (κ3) is 2.98. The molecule has 18 heavy (non-hydrogen) atoms. The van der Waals surface area contributed by atoms with E-state index in [9.17, 15) is 4.79 Å². The number of imidazole rings is 1. The summed E-state index contributed by atoms with van der Waals surface area (Å²) in [6, 6.07) is 4.26. The van der Waals surface area contributed by atoms with E-state index in [-0.39, 0.29) is 5.97 Å². The topological polar surface area (TPSA) is 44.1 Å². The first-order valence-corrected chi connectivity index (χ1v) is 6.81. The number of esters is 1. The zero-order valence-corrected chi connectivity index (χ0v) is 11.4. The molecule has 96 valence electrons. The molecule has 2 rings (SSSR count). The van der Waals surface area contributed by atoms with Gasteiger partial charge in [-0.25, -0.2) is 9.78 Å². The van der Waals surface area contributed by atoms with Crippen molar-refractivity contribution in [3.05, 3.63) is 40.1 Å². The highest BCUT2D eigenvalue weighted by Gasteiger charge is 2.10. The molecule has 0 N–H and O–H groups in total. The molecule has 2 aromatic rings. The highest BCUT2D eigenvalue weighted by molar-refractivity contribution is 7.11. The quantitative estimate of drug-likeness (QED) is 0.780. The van der Waals surface area contributed by atoms with Crippen LogP contribution in [-0.4, -0.2) is 22.1 Å². The van der Waals surface area contributed by atoms with E-state index in [4.69, 9.17) is 4.74 Å². The second kappa shape index (κ2) is 5.82. The van der Waals surface area contributed by atoms with Crippen molar-refractivity contribution in [1.82, 2.24) is 9.55 Å². The molecule has 0 bridgehead atoms. The smallest absolute Gasteiger partial charge is 0.358 e. The van der Waals surface area contributed by atoms with Gasteiger partial charge in [0.2, 0.25) is 0 Å². The van der Waals surface area contributed by atoms with Crippen LogP contribution in [0.1, 0.15) is 34.1 Å². The van der Waals surface area contributed by atoms with Crippen LogP contribution in [0.25, 0.3) is 0 Å². The van der Waals surface area contributed by atoms with Gasteiger partial charge in [-0.05, 0) is 25.5 Å². The van der Waals surface area contributed by atoms with Crippen LogP contribution in [-0.2, 0) is 17.7 Å². The second-order valence-electron chi connectivity index (χ2n) is 3.87. The fourth-order valence-electron chi connectivity index (χ4n) is 1.63. The van der Waals surface area contributed by atoms with Crippen LogP contribution in [0.15, 0.2) is 24.7 Å². The largest absolute Gasteiger partial charge is 0.461 e. The lowest BCUT2D eigenvalue weighted by Crippen LogP contribution is -2.04. The highest BCUT2D eigenvalue weighted by atomic mass is 32.1. The predicted octanol–water partition coefficient (Wildman–Crippen LogP) is 2.73. The second-order valence-corrected chi connectivity index (χ2v) is 5.13. The van der Waals surface area contributed by atoms with Crippen molar-refractivity contribution >= 4 is 17.3 Å². The first kappa shape index (κ1) is 12.8. The number of carbonyl (C=O) groups is 1. The molecule has 0 unspecified atom stereocenters. The molecule has 0 amide bonds. The van der Waals surface area contributed by atoms with E-state index in [1.54, 1.807) is 30.8 Å². The number of aryl methyl sites for hydroxylation is 1. The molecule has 0 aliphatic heterocycles. The van der Waals surface area contributed by atoms with Crippen LogP contribution in [0.2, 0.25) is 0 Å². The Morgan fingerprint density at radius 3 is 2.83 bits per heavy atom. The first-order chi connectivity index (χ1) is 8.72. The zero-order chi connectivity index (χ0) is 13.0. The molecular weight excluding hydrogens is 248 g/mol. The molecule has 0 atom stereocenters. The summed E-state index contributed by atoms with van der Waals surface area (Å²) in [6.45, 7) is 5.05. The molecular formula is C13H16N2O2S. The Hall–Kier alpha value is -1.62. The van der Waals surface area contributed by atoms with Crippen molar-refractivity contribution in [2.45, 2.75) is 26.8 Å². The summed E-state index contributed by atoms with van der Waals surface area (Å²) in [6.07, 6.45) is 4.45. The molecule has 0 saturated heterocycles. The normalized spacial score (nSPS) is 10.6. The Morgan fingerprint density at radius 1 is 1.39 bits per heavy atom. The molecule has 0 radical (unpaired) electrons. The van der Waals surface area contributed by atoms with E-state index in [0.29, 0.717) is 12.3 Å². The monoisotopic (exact) mass is 264 g/mol. The predicted molar refractivity (Wildman–Crippen MR) is 71.0 cm³/mol. The van der Waals surface area contributed by atoms with E-state index in [1.165, 1.54) is 9.75 Å². The van der Waals surface area contributed by atoms with Crippen LogP contribution >= 0.6 is 11.3 Å². The average Bonchev–Trinajstić information content (AvgIpc) is 2.99. The molecule has 2 aromatic heterocycles. The summed E-state index contributed by atoms with van der Waals surface area (Å²) in [7, 11) is 0. The lowest BCUT2D eigenvalue weighted by Gasteiger charge is -1.98. The van der Waals surface area contributed by atoms with Gasteiger partial charge < -0.3 is 9.30 Å². The minimum absolute atomic E-state index is 0.364. The molecule has 0 fully saturated rings. The number of thiophene rings is 1. The summed E-state index contributed by atoms with van der Waals surface area (Å²) < 4.78 is 6.80. The van der Waals surface area contributed by atoms with Crippen molar-refractivity contribution in [3.63, 3.8) is 0 Å². The van der Waals surface area contributed by atoms with Crippen LogP contribution in [0.5, 0.6) is 0 Å². The van der Waals surface area contributed by atoms with E-state index < -0.39 is 0 Å². The third-order valence-electron chi connectivity index (χ3n) is 2.52. The fraction of sp³-hybridized carbons (Fsp3) is 0.385. The maximum absolute atomic E-state index is 11.5. The lowest BCUT2D eigenvalue weighted by molar-refractivity contribution is 0.0520. The fourth-order valence-corrected chi connectivity index (χ4v) is 2.60. The van der Waals surface area contributed by atoms with Crippen LogP contribution in [0, 0.1) is 0 Å². The lowest BCUT2D eigenvalue weighted by atomic mass is 10.3. The summed E-state index contributed by atoms with van der Waals surface area (Å²) >= 11 is 1.79. The van der Waals surface area contributed by atoms with E-state index in [2.05, 4.69) is 24.0 Å². The van der Waals surface area contributed by atoms with E-state index in [0.717, 1.165) is 13.0 Å². The van der Waals surface area contributed by atoms with Crippen LogP contribution in [0.3, 0.4) is 0 Å². The zero-order valence-electron chi connectivity index (χ0n) is 10.5. The minimum atomic E-state index is -0.364. The van der Waals surface area contributed by atoms with Gasteiger partial charge in [-0.15, -0.1) is 11.3 Å². The van der Waals surface area contributed by atoms with E-state index in [1.807, 2.05) is 4.57 Å². The maximum Gasteiger partial charge on any atom is 0.358 e. The van der Waals surface area contributed by atoms with Crippen molar-refractivity contribution in [1.29, 1.82) is 0 Å². The number of hydrogen-bond donors (Lipinski definition) is 0. The Balaban J connectivity index is 2.04. The Bertz CT molecular complexity index is 531. The SMILES string of the molecule is CCOC(=O)c1cn(Cc2ccc(CC)s2)cn1. The Kier molecular flexibility index (Phi) is 4.15. The van der Waals surface area contributed by atoms with Crippen LogP contribution in [0.4, 0.5) is 0 Å². The minimum Gasteiger partial charge on any atom is -0.461 e. The van der Waals surface area contributed by atoms with Crippen molar-refractivity contribution < 1.29 is 9.53 Å². The Labute approximate surface area is 110 Å². The van der Waals surface area contributed by atoms with Gasteiger partial charge in [0.05, 0.1) is 19.5 Å².